The van der Waals surface area contributed by atoms with E-state index in [0.717, 1.165) is 0 Å². The molecule has 0 spiro atoms. The molecule has 0 heterocycles. The van der Waals surface area contributed by atoms with Gasteiger partial charge in [-0.1, -0.05) is 93.6 Å². The van der Waals surface area contributed by atoms with Crippen molar-refractivity contribution in [2.75, 3.05) is 0 Å². The lowest BCUT2D eigenvalue weighted by atomic mass is 9.78. The molecule has 0 saturated carbocycles. The first-order valence-electron chi connectivity index (χ1n) is 8.02. The Balaban J connectivity index is 2.38. The molecule has 0 bridgehead atoms. The van der Waals surface area contributed by atoms with Crippen molar-refractivity contribution in [2.45, 2.75) is 26.2 Å². The molecule has 0 N–H and O–H groups in total. The van der Waals surface area contributed by atoms with E-state index in [1.54, 1.807) is 0 Å². The Kier molecular flexibility index (Phi) is 4.37. The van der Waals surface area contributed by atoms with Crippen molar-refractivity contribution in [3.05, 3.63) is 78.4 Å². The molecule has 23 heavy (non-hydrogen) atoms. The smallest absolute Gasteiger partial charge is 0.00618 e. The summed E-state index contributed by atoms with van der Waals surface area (Å²) in [5, 5.41) is 1.27. The third kappa shape index (κ3) is 3.23. The van der Waals surface area contributed by atoms with Gasteiger partial charge in [0.05, 0.1) is 0 Å². The molecule has 0 fully saturated rings. The van der Waals surface area contributed by atoms with Crippen LogP contribution in [0, 0.1) is 0 Å². The van der Waals surface area contributed by atoms with Crippen LogP contribution in [0.15, 0.2) is 72.8 Å². The summed E-state index contributed by atoms with van der Waals surface area (Å²) in [4.78, 5) is 0. The van der Waals surface area contributed by atoms with Crippen LogP contribution in [0.2, 0.25) is 0 Å². The van der Waals surface area contributed by atoms with Crippen molar-refractivity contribution >= 4 is 14.5 Å². The monoisotopic (exact) mass is 318 g/mol. The van der Waals surface area contributed by atoms with E-state index in [1.807, 2.05) is 0 Å². The van der Waals surface area contributed by atoms with Gasteiger partial charge in [-0.25, -0.2) is 0 Å². The molecule has 0 amide bonds. The largest absolute Gasteiger partial charge is 0.105 e. The topological polar surface area (TPSA) is 0 Å². The van der Waals surface area contributed by atoms with Gasteiger partial charge in [0.1, 0.15) is 0 Å². The Bertz CT molecular complexity index is 797. The summed E-state index contributed by atoms with van der Waals surface area (Å²) in [7, 11) is 2.92. The average molecular weight is 318 g/mol. The third-order valence-corrected chi connectivity index (χ3v) is 4.62. The molecule has 1 heteroatoms. The van der Waals surface area contributed by atoms with Gasteiger partial charge in [-0.3, -0.25) is 0 Å². The van der Waals surface area contributed by atoms with E-state index in [-0.39, 0.29) is 5.41 Å². The summed E-state index contributed by atoms with van der Waals surface area (Å²) in [6.07, 6.45) is 0. The number of benzene rings is 3. The van der Waals surface area contributed by atoms with Gasteiger partial charge in [0.25, 0.3) is 0 Å². The van der Waals surface area contributed by atoms with Gasteiger partial charge in [-0.2, -0.15) is 0 Å². The van der Waals surface area contributed by atoms with Crippen LogP contribution in [-0.4, -0.2) is 0 Å². The molecule has 0 nitrogen and oxygen atoms in total. The van der Waals surface area contributed by atoms with Crippen molar-refractivity contribution in [1.29, 1.82) is 0 Å². The minimum Gasteiger partial charge on any atom is -0.105 e. The summed E-state index contributed by atoms with van der Waals surface area (Å²) >= 11 is 0. The second kappa shape index (κ2) is 6.30. The van der Waals surface area contributed by atoms with E-state index in [1.165, 1.54) is 33.1 Å². The highest BCUT2D eigenvalue weighted by Gasteiger charge is 2.24. The molecule has 3 aromatic carbocycles. The Morgan fingerprint density at radius 1 is 0.652 bits per heavy atom. The Morgan fingerprint density at radius 3 is 1.70 bits per heavy atom. The zero-order chi connectivity index (χ0) is 16.4. The first-order valence-corrected chi connectivity index (χ1v) is 8.60. The molecule has 0 saturated heterocycles. The number of rotatable bonds is 2. The highest BCUT2D eigenvalue weighted by Crippen LogP contribution is 2.39. The van der Waals surface area contributed by atoms with Crippen LogP contribution in [0.4, 0.5) is 0 Å². The minimum absolute atomic E-state index is 0.0764. The molecule has 1 atom stereocenters. The molecule has 0 aliphatic rings. The quantitative estimate of drug-likeness (QED) is 0.522. The van der Waals surface area contributed by atoms with Crippen molar-refractivity contribution in [3.8, 4) is 22.3 Å². The summed E-state index contributed by atoms with van der Waals surface area (Å²) in [5.74, 6) is 0. The maximum atomic E-state index is 2.92. The fourth-order valence-corrected chi connectivity index (χ4v) is 3.86. The highest BCUT2D eigenvalue weighted by molar-refractivity contribution is 7.27. The summed E-state index contributed by atoms with van der Waals surface area (Å²) in [6.45, 7) is 6.87. The Hall–Kier alpha value is -1.91. The molecule has 0 aliphatic carbocycles. The maximum Gasteiger partial charge on any atom is -0.00618 e. The average Bonchev–Trinajstić information content (AvgIpc) is 2.55. The van der Waals surface area contributed by atoms with Gasteiger partial charge in [0.2, 0.25) is 0 Å². The summed E-state index contributed by atoms with van der Waals surface area (Å²) in [6, 6.07) is 25.9. The second-order valence-electron chi connectivity index (χ2n) is 6.93. The molecule has 0 aromatic heterocycles. The fraction of sp³-hybridized carbons (Fsp3) is 0.182. The third-order valence-electron chi connectivity index (χ3n) is 4.13. The van der Waals surface area contributed by atoms with Crippen molar-refractivity contribution in [2.24, 2.45) is 0 Å². The predicted molar refractivity (Wildman–Crippen MR) is 105 cm³/mol. The fourth-order valence-electron chi connectivity index (χ4n) is 3.19. The molecule has 1 unspecified atom stereocenters. The van der Waals surface area contributed by atoms with Crippen LogP contribution in [0.3, 0.4) is 0 Å². The minimum atomic E-state index is 0.0764. The number of hydrogen-bond donors (Lipinski definition) is 0. The van der Waals surface area contributed by atoms with Crippen molar-refractivity contribution in [3.63, 3.8) is 0 Å². The van der Waals surface area contributed by atoms with Crippen molar-refractivity contribution < 1.29 is 0 Å². The van der Waals surface area contributed by atoms with Gasteiger partial charge >= 0.3 is 0 Å². The SMILES string of the molecule is CC(C)(C)c1c(P)ccc(-c2ccccc2)c1-c1ccccc1. The normalized spacial score (nSPS) is 11.5. The van der Waals surface area contributed by atoms with Gasteiger partial charge < -0.3 is 0 Å². The first kappa shape index (κ1) is 16.0. The molecule has 0 aliphatic heterocycles. The van der Waals surface area contributed by atoms with Crippen LogP contribution >= 0.6 is 9.24 Å². The van der Waals surface area contributed by atoms with Crippen molar-refractivity contribution in [1.82, 2.24) is 0 Å². The zero-order valence-electron chi connectivity index (χ0n) is 14.0. The molecular weight excluding hydrogens is 295 g/mol. The lowest BCUT2D eigenvalue weighted by molar-refractivity contribution is 0.596. The molecule has 3 aromatic rings. The van der Waals surface area contributed by atoms with Crippen LogP contribution in [0.25, 0.3) is 22.3 Å². The van der Waals surface area contributed by atoms with Crippen LogP contribution in [0.1, 0.15) is 26.3 Å². The molecule has 116 valence electrons. The van der Waals surface area contributed by atoms with Gasteiger partial charge in [-0.05, 0) is 38.5 Å². The Morgan fingerprint density at radius 2 is 1.17 bits per heavy atom. The highest BCUT2D eigenvalue weighted by atomic mass is 31.0. The lowest BCUT2D eigenvalue weighted by Gasteiger charge is -2.28. The van der Waals surface area contributed by atoms with Gasteiger partial charge in [-0.15, -0.1) is 9.24 Å². The van der Waals surface area contributed by atoms with Crippen LogP contribution in [0.5, 0.6) is 0 Å². The lowest BCUT2D eigenvalue weighted by Crippen LogP contribution is -2.21. The Labute approximate surface area is 141 Å². The zero-order valence-corrected chi connectivity index (χ0v) is 15.2. The molecule has 0 radical (unpaired) electrons. The standard InChI is InChI=1S/C22H23P/c1-22(2,3)21-19(23)15-14-18(16-10-6-4-7-11-16)20(21)17-12-8-5-9-13-17/h4-15H,23H2,1-3H3. The first-order chi connectivity index (χ1) is 11.0. The second-order valence-corrected chi connectivity index (χ2v) is 7.56. The predicted octanol–water partition coefficient (Wildman–Crippen LogP) is 5.82. The molecular formula is C22H23P. The summed E-state index contributed by atoms with van der Waals surface area (Å²) in [5.41, 5.74) is 6.66. The van der Waals surface area contributed by atoms with Crippen LogP contribution < -0.4 is 5.30 Å². The van der Waals surface area contributed by atoms with E-state index in [2.05, 4.69) is 103 Å². The van der Waals surface area contributed by atoms with Gasteiger partial charge in [0.15, 0.2) is 0 Å². The maximum absolute atomic E-state index is 2.92. The van der Waals surface area contributed by atoms with Gasteiger partial charge in [0, 0.05) is 0 Å². The van der Waals surface area contributed by atoms with E-state index in [4.69, 9.17) is 0 Å². The summed E-state index contributed by atoms with van der Waals surface area (Å²) < 4.78 is 0. The molecule has 3 rings (SSSR count). The van der Waals surface area contributed by atoms with E-state index in [0.29, 0.717) is 0 Å². The van der Waals surface area contributed by atoms with E-state index < -0.39 is 0 Å². The number of hydrogen-bond acceptors (Lipinski definition) is 0. The van der Waals surface area contributed by atoms with Crippen LogP contribution in [-0.2, 0) is 5.41 Å². The van der Waals surface area contributed by atoms with E-state index >= 15 is 0 Å². The van der Waals surface area contributed by atoms with E-state index in [9.17, 15) is 0 Å².